The molecule has 0 spiro atoms. The smallest absolute Gasteiger partial charge is 0.227 e. The standard InChI is InChI=1S/C21H24FNO2/c1-15(2)17-5-7-18(8-6-17)20-14-23(11-12-25-20)21(24)13-16-3-9-19(22)10-4-16/h3-10,15,20H,11-14H2,1-2H3. The van der Waals surface area contributed by atoms with Gasteiger partial charge in [-0.15, -0.1) is 0 Å². The molecule has 1 saturated heterocycles. The van der Waals surface area contributed by atoms with Crippen molar-refractivity contribution in [1.29, 1.82) is 0 Å². The van der Waals surface area contributed by atoms with Crippen molar-refractivity contribution in [2.24, 2.45) is 0 Å². The molecule has 0 radical (unpaired) electrons. The number of carbonyl (C=O) groups excluding carboxylic acids is 1. The van der Waals surface area contributed by atoms with E-state index in [0.717, 1.165) is 11.1 Å². The molecule has 1 unspecified atom stereocenters. The first-order valence-corrected chi connectivity index (χ1v) is 8.76. The highest BCUT2D eigenvalue weighted by atomic mass is 19.1. The van der Waals surface area contributed by atoms with Gasteiger partial charge in [0, 0.05) is 6.54 Å². The average molecular weight is 341 g/mol. The number of benzene rings is 2. The van der Waals surface area contributed by atoms with Gasteiger partial charge in [0.2, 0.25) is 5.91 Å². The molecule has 1 heterocycles. The maximum absolute atomic E-state index is 13.0. The third-order valence-electron chi connectivity index (χ3n) is 4.66. The molecule has 0 bridgehead atoms. The molecular weight excluding hydrogens is 317 g/mol. The molecule has 1 fully saturated rings. The summed E-state index contributed by atoms with van der Waals surface area (Å²) in [6, 6.07) is 14.5. The lowest BCUT2D eigenvalue weighted by molar-refractivity contribution is -0.138. The highest BCUT2D eigenvalue weighted by Gasteiger charge is 2.25. The summed E-state index contributed by atoms with van der Waals surface area (Å²) < 4.78 is 18.9. The van der Waals surface area contributed by atoms with E-state index in [1.54, 1.807) is 12.1 Å². The second-order valence-corrected chi connectivity index (χ2v) is 6.82. The van der Waals surface area contributed by atoms with Gasteiger partial charge in [0.15, 0.2) is 0 Å². The molecule has 132 valence electrons. The number of halogens is 1. The van der Waals surface area contributed by atoms with Crippen molar-refractivity contribution in [2.75, 3.05) is 19.7 Å². The summed E-state index contributed by atoms with van der Waals surface area (Å²) in [5, 5.41) is 0. The lowest BCUT2D eigenvalue weighted by atomic mass is 9.99. The average Bonchev–Trinajstić information content (AvgIpc) is 2.64. The van der Waals surface area contributed by atoms with Crippen LogP contribution in [0.3, 0.4) is 0 Å². The summed E-state index contributed by atoms with van der Waals surface area (Å²) in [5.74, 6) is 0.265. The Labute approximate surface area is 148 Å². The van der Waals surface area contributed by atoms with Crippen LogP contribution in [0, 0.1) is 5.82 Å². The number of amides is 1. The molecule has 3 rings (SSSR count). The van der Waals surface area contributed by atoms with Crippen LogP contribution < -0.4 is 0 Å². The van der Waals surface area contributed by atoms with Gasteiger partial charge < -0.3 is 9.64 Å². The molecule has 0 saturated carbocycles. The van der Waals surface area contributed by atoms with E-state index in [1.165, 1.54) is 17.7 Å². The first kappa shape index (κ1) is 17.6. The maximum Gasteiger partial charge on any atom is 0.227 e. The number of ether oxygens (including phenoxy) is 1. The van der Waals surface area contributed by atoms with Crippen molar-refractivity contribution in [3.05, 3.63) is 71.0 Å². The van der Waals surface area contributed by atoms with Gasteiger partial charge >= 0.3 is 0 Å². The van der Waals surface area contributed by atoms with Gasteiger partial charge in [-0.3, -0.25) is 4.79 Å². The number of rotatable bonds is 4. The highest BCUT2D eigenvalue weighted by Crippen LogP contribution is 2.25. The first-order chi connectivity index (χ1) is 12.0. The normalized spacial score (nSPS) is 17.8. The molecule has 0 aliphatic carbocycles. The molecule has 0 aromatic heterocycles. The zero-order chi connectivity index (χ0) is 17.8. The molecule has 2 aromatic rings. The van der Waals surface area contributed by atoms with Crippen molar-refractivity contribution in [1.82, 2.24) is 4.90 Å². The largest absolute Gasteiger partial charge is 0.370 e. The van der Waals surface area contributed by atoms with Crippen molar-refractivity contribution < 1.29 is 13.9 Å². The minimum atomic E-state index is -0.285. The Morgan fingerprint density at radius 3 is 2.48 bits per heavy atom. The summed E-state index contributed by atoms with van der Waals surface area (Å²) in [4.78, 5) is 14.4. The summed E-state index contributed by atoms with van der Waals surface area (Å²) in [6.45, 7) is 6.03. The molecule has 1 aliphatic rings. The van der Waals surface area contributed by atoms with E-state index >= 15 is 0 Å². The fourth-order valence-electron chi connectivity index (χ4n) is 3.06. The molecule has 2 aromatic carbocycles. The summed E-state index contributed by atoms with van der Waals surface area (Å²) in [6.07, 6.45) is 0.200. The van der Waals surface area contributed by atoms with Crippen molar-refractivity contribution in [3.8, 4) is 0 Å². The van der Waals surface area contributed by atoms with Crippen LogP contribution in [0.25, 0.3) is 0 Å². The Bertz CT molecular complexity index is 710. The number of hydrogen-bond donors (Lipinski definition) is 0. The van der Waals surface area contributed by atoms with Gasteiger partial charge in [-0.05, 0) is 34.7 Å². The van der Waals surface area contributed by atoms with Crippen molar-refractivity contribution >= 4 is 5.91 Å². The van der Waals surface area contributed by atoms with Crippen LogP contribution in [0.15, 0.2) is 48.5 Å². The lowest BCUT2D eigenvalue weighted by Crippen LogP contribution is -2.43. The highest BCUT2D eigenvalue weighted by molar-refractivity contribution is 5.78. The molecule has 4 heteroatoms. The van der Waals surface area contributed by atoms with Gasteiger partial charge in [-0.2, -0.15) is 0 Å². The molecule has 0 N–H and O–H groups in total. The van der Waals surface area contributed by atoms with Crippen LogP contribution in [-0.4, -0.2) is 30.5 Å². The Morgan fingerprint density at radius 1 is 1.16 bits per heavy atom. The van der Waals surface area contributed by atoms with Crippen LogP contribution in [0.1, 0.15) is 42.6 Å². The first-order valence-electron chi connectivity index (χ1n) is 8.76. The Kier molecular flexibility index (Phi) is 5.49. The Balaban J connectivity index is 1.63. The predicted molar refractivity (Wildman–Crippen MR) is 95.9 cm³/mol. The van der Waals surface area contributed by atoms with Crippen LogP contribution in [0.2, 0.25) is 0 Å². The van der Waals surface area contributed by atoms with E-state index in [2.05, 4.69) is 38.1 Å². The minimum Gasteiger partial charge on any atom is -0.370 e. The third-order valence-corrected chi connectivity index (χ3v) is 4.66. The molecule has 1 amide bonds. The van der Waals surface area contributed by atoms with Crippen molar-refractivity contribution in [3.63, 3.8) is 0 Å². The van der Waals surface area contributed by atoms with E-state index in [1.807, 2.05) is 4.90 Å². The fraction of sp³-hybridized carbons (Fsp3) is 0.381. The Morgan fingerprint density at radius 2 is 1.84 bits per heavy atom. The van der Waals surface area contributed by atoms with Gasteiger partial charge in [0.05, 0.1) is 19.6 Å². The summed E-state index contributed by atoms with van der Waals surface area (Å²) in [7, 11) is 0. The SMILES string of the molecule is CC(C)c1ccc(C2CN(C(=O)Cc3ccc(F)cc3)CCO2)cc1. The molecule has 1 aliphatic heterocycles. The topological polar surface area (TPSA) is 29.5 Å². The second-order valence-electron chi connectivity index (χ2n) is 6.82. The van der Waals surface area contributed by atoms with Gasteiger partial charge in [0.1, 0.15) is 11.9 Å². The Hall–Kier alpha value is -2.20. The summed E-state index contributed by atoms with van der Waals surface area (Å²) >= 11 is 0. The van der Waals surface area contributed by atoms with Crippen LogP contribution in [0.5, 0.6) is 0 Å². The number of nitrogens with zero attached hydrogens (tertiary/aromatic N) is 1. The van der Waals surface area contributed by atoms with Gasteiger partial charge in [-0.1, -0.05) is 50.2 Å². The number of morpholine rings is 1. The number of hydrogen-bond acceptors (Lipinski definition) is 2. The molecular formula is C21H24FNO2. The van der Waals surface area contributed by atoms with Crippen molar-refractivity contribution in [2.45, 2.75) is 32.3 Å². The van der Waals surface area contributed by atoms with Crippen LogP contribution >= 0.6 is 0 Å². The molecule has 25 heavy (non-hydrogen) atoms. The van der Waals surface area contributed by atoms with E-state index in [9.17, 15) is 9.18 Å². The van der Waals surface area contributed by atoms with Gasteiger partial charge in [-0.25, -0.2) is 4.39 Å². The molecule has 1 atom stereocenters. The fourth-order valence-corrected chi connectivity index (χ4v) is 3.06. The third kappa shape index (κ3) is 4.45. The zero-order valence-electron chi connectivity index (χ0n) is 14.7. The van der Waals surface area contributed by atoms with Gasteiger partial charge in [0.25, 0.3) is 0 Å². The van der Waals surface area contributed by atoms with Crippen LogP contribution in [0.4, 0.5) is 4.39 Å². The maximum atomic E-state index is 13.0. The minimum absolute atomic E-state index is 0.0544. The quantitative estimate of drug-likeness (QED) is 0.838. The summed E-state index contributed by atoms with van der Waals surface area (Å²) in [5.41, 5.74) is 3.23. The van der Waals surface area contributed by atoms with E-state index in [4.69, 9.17) is 4.74 Å². The van der Waals surface area contributed by atoms with E-state index in [0.29, 0.717) is 32.0 Å². The predicted octanol–water partition coefficient (Wildman–Crippen LogP) is 4.09. The zero-order valence-corrected chi connectivity index (χ0v) is 14.7. The van der Waals surface area contributed by atoms with Crippen LogP contribution in [-0.2, 0) is 16.0 Å². The number of carbonyl (C=O) groups is 1. The van der Waals surface area contributed by atoms with E-state index < -0.39 is 0 Å². The van der Waals surface area contributed by atoms with E-state index in [-0.39, 0.29) is 17.8 Å². The monoisotopic (exact) mass is 341 g/mol. The molecule has 3 nitrogen and oxygen atoms in total. The lowest BCUT2D eigenvalue weighted by Gasteiger charge is -2.33. The second kappa shape index (κ2) is 7.79.